The van der Waals surface area contributed by atoms with Crippen LogP contribution in [-0.2, 0) is 6.54 Å². The van der Waals surface area contributed by atoms with Crippen molar-refractivity contribution < 1.29 is 4.79 Å². The highest BCUT2D eigenvalue weighted by molar-refractivity contribution is 7.09. The van der Waals surface area contributed by atoms with Crippen LogP contribution in [0.2, 0.25) is 0 Å². The van der Waals surface area contributed by atoms with Crippen molar-refractivity contribution >= 4 is 17.2 Å². The Bertz CT molecular complexity index is 801. The third-order valence-corrected chi connectivity index (χ3v) is 6.59. The quantitative estimate of drug-likeness (QED) is 0.813. The monoisotopic (exact) mass is 385 g/mol. The Hall–Kier alpha value is -1.86. The minimum atomic E-state index is 0.0707. The third kappa shape index (κ3) is 4.19. The predicted molar refractivity (Wildman–Crippen MR) is 106 cm³/mol. The summed E-state index contributed by atoms with van der Waals surface area (Å²) in [6.45, 7) is 8.67. The molecule has 1 amide bonds. The zero-order valence-corrected chi connectivity index (χ0v) is 17.0. The highest BCUT2D eigenvalue weighted by Gasteiger charge is 2.40. The van der Waals surface area contributed by atoms with Gasteiger partial charge in [0.25, 0.3) is 5.91 Å². The number of nitrogens with zero attached hydrogens (tertiary/aromatic N) is 5. The molecule has 1 atom stereocenters. The summed E-state index contributed by atoms with van der Waals surface area (Å²) < 4.78 is 0. The Morgan fingerprint density at radius 2 is 1.89 bits per heavy atom. The number of piperidine rings is 2. The Morgan fingerprint density at radius 3 is 2.59 bits per heavy atom. The molecule has 2 saturated heterocycles. The minimum absolute atomic E-state index is 0.0707. The van der Waals surface area contributed by atoms with Crippen molar-refractivity contribution in [3.63, 3.8) is 0 Å². The second-order valence-electron chi connectivity index (χ2n) is 8.02. The molecule has 0 aliphatic carbocycles. The molecular formula is C20H27N5OS. The van der Waals surface area contributed by atoms with Gasteiger partial charge in [0.1, 0.15) is 5.82 Å². The smallest absolute Gasteiger partial charge is 0.257 e. The molecule has 2 aliphatic rings. The summed E-state index contributed by atoms with van der Waals surface area (Å²) in [5.41, 5.74) is 1.99. The molecule has 4 heterocycles. The number of thiazole rings is 1. The zero-order chi connectivity index (χ0) is 18.9. The maximum Gasteiger partial charge on any atom is 0.257 e. The minimum Gasteiger partial charge on any atom is -0.338 e. The summed E-state index contributed by atoms with van der Waals surface area (Å²) in [7, 11) is 0. The second kappa shape index (κ2) is 7.64. The predicted octanol–water partition coefficient (Wildman–Crippen LogP) is 3.07. The van der Waals surface area contributed by atoms with E-state index in [-0.39, 0.29) is 11.3 Å². The number of likely N-dealkylation sites (tertiary alicyclic amines) is 2. The van der Waals surface area contributed by atoms with Gasteiger partial charge in [-0.2, -0.15) is 0 Å². The van der Waals surface area contributed by atoms with Gasteiger partial charge >= 0.3 is 0 Å². The molecule has 2 aromatic rings. The van der Waals surface area contributed by atoms with Crippen LogP contribution in [0.15, 0.2) is 17.8 Å². The van der Waals surface area contributed by atoms with Crippen molar-refractivity contribution in [3.05, 3.63) is 39.9 Å². The lowest BCUT2D eigenvalue weighted by Crippen LogP contribution is -2.53. The first-order valence-corrected chi connectivity index (χ1v) is 10.6. The lowest BCUT2D eigenvalue weighted by Gasteiger charge is -2.48. The van der Waals surface area contributed by atoms with Crippen LogP contribution in [0.4, 0.5) is 0 Å². The summed E-state index contributed by atoms with van der Waals surface area (Å²) in [6.07, 6.45) is 7.98. The van der Waals surface area contributed by atoms with Crippen molar-refractivity contribution in [2.75, 3.05) is 26.2 Å². The average molecular weight is 386 g/mol. The van der Waals surface area contributed by atoms with E-state index in [0.717, 1.165) is 44.2 Å². The molecule has 4 rings (SSSR count). The summed E-state index contributed by atoms with van der Waals surface area (Å²) in [5.74, 6) is 0.767. The summed E-state index contributed by atoms with van der Waals surface area (Å²) in [4.78, 5) is 30.5. The van der Waals surface area contributed by atoms with Crippen LogP contribution in [0, 0.1) is 19.3 Å². The van der Waals surface area contributed by atoms with Crippen LogP contribution in [0.1, 0.15) is 52.6 Å². The number of aryl methyl sites for hydroxylation is 2. The van der Waals surface area contributed by atoms with Crippen molar-refractivity contribution in [2.24, 2.45) is 5.41 Å². The zero-order valence-electron chi connectivity index (χ0n) is 16.1. The number of rotatable bonds is 3. The summed E-state index contributed by atoms with van der Waals surface area (Å²) >= 11 is 1.72. The molecule has 1 unspecified atom stereocenters. The molecule has 2 aromatic heterocycles. The van der Waals surface area contributed by atoms with Gasteiger partial charge in [0.15, 0.2) is 0 Å². The van der Waals surface area contributed by atoms with E-state index < -0.39 is 0 Å². The van der Waals surface area contributed by atoms with Crippen molar-refractivity contribution in [1.29, 1.82) is 0 Å². The summed E-state index contributed by atoms with van der Waals surface area (Å²) in [6, 6.07) is 0. The van der Waals surface area contributed by atoms with Crippen molar-refractivity contribution in [1.82, 2.24) is 24.8 Å². The van der Waals surface area contributed by atoms with Gasteiger partial charge in [-0.3, -0.25) is 9.69 Å². The van der Waals surface area contributed by atoms with E-state index in [1.165, 1.54) is 25.0 Å². The van der Waals surface area contributed by atoms with E-state index in [2.05, 4.69) is 32.2 Å². The molecule has 0 saturated carbocycles. The van der Waals surface area contributed by atoms with E-state index in [1.54, 1.807) is 23.7 Å². The molecule has 2 aliphatic heterocycles. The van der Waals surface area contributed by atoms with Gasteiger partial charge in [0, 0.05) is 49.4 Å². The number of aromatic nitrogens is 3. The lowest BCUT2D eigenvalue weighted by atomic mass is 9.73. The molecule has 27 heavy (non-hydrogen) atoms. The number of carbonyl (C=O) groups is 1. The van der Waals surface area contributed by atoms with Gasteiger partial charge in [0.2, 0.25) is 0 Å². The van der Waals surface area contributed by atoms with Gasteiger partial charge in [-0.05, 0) is 46.1 Å². The fourth-order valence-electron chi connectivity index (χ4n) is 4.56. The van der Waals surface area contributed by atoms with E-state index >= 15 is 0 Å². The highest BCUT2D eigenvalue weighted by atomic mass is 32.1. The SMILES string of the molecule is Cc1ncc(C(=O)N2CCCC3(CCCN(Cc4csc(C)n4)C3)C2)cn1. The largest absolute Gasteiger partial charge is 0.338 e. The molecule has 6 nitrogen and oxygen atoms in total. The molecule has 144 valence electrons. The first-order valence-electron chi connectivity index (χ1n) is 9.74. The van der Waals surface area contributed by atoms with Crippen LogP contribution in [0.3, 0.4) is 0 Å². The third-order valence-electron chi connectivity index (χ3n) is 5.77. The van der Waals surface area contributed by atoms with Gasteiger partial charge in [-0.25, -0.2) is 15.0 Å². The molecule has 2 fully saturated rings. The van der Waals surface area contributed by atoms with Gasteiger partial charge < -0.3 is 4.90 Å². The molecule has 1 spiro atoms. The number of hydrogen-bond acceptors (Lipinski definition) is 6. The Morgan fingerprint density at radius 1 is 1.15 bits per heavy atom. The van der Waals surface area contributed by atoms with Gasteiger partial charge in [-0.15, -0.1) is 11.3 Å². The van der Waals surface area contributed by atoms with Gasteiger partial charge in [0.05, 0.1) is 16.3 Å². The van der Waals surface area contributed by atoms with Crippen molar-refractivity contribution in [3.8, 4) is 0 Å². The lowest BCUT2D eigenvalue weighted by molar-refractivity contribution is 0.0110. The van der Waals surface area contributed by atoms with E-state index in [0.29, 0.717) is 11.4 Å². The summed E-state index contributed by atoms with van der Waals surface area (Å²) in [5, 5.41) is 3.30. The van der Waals surface area contributed by atoms with Gasteiger partial charge in [-0.1, -0.05) is 0 Å². The fraction of sp³-hybridized carbons (Fsp3) is 0.600. The number of carbonyl (C=O) groups excluding carboxylic acids is 1. The fourth-order valence-corrected chi connectivity index (χ4v) is 5.16. The van der Waals surface area contributed by atoms with Crippen LogP contribution in [0.25, 0.3) is 0 Å². The Labute approximate surface area is 164 Å². The number of hydrogen-bond donors (Lipinski definition) is 0. The standard InChI is InChI=1S/C20H27N5OS/c1-15-21-9-17(10-22-15)19(26)25-8-4-6-20(14-25)5-3-7-24(13-20)11-18-12-27-16(2)23-18/h9-10,12H,3-8,11,13-14H2,1-2H3. The molecule has 0 N–H and O–H groups in total. The van der Waals surface area contributed by atoms with Crippen LogP contribution in [-0.4, -0.2) is 56.8 Å². The molecular weight excluding hydrogens is 358 g/mol. The van der Waals surface area contributed by atoms with E-state index in [9.17, 15) is 4.79 Å². The first kappa shape index (κ1) is 18.5. The Balaban J connectivity index is 1.44. The van der Waals surface area contributed by atoms with Crippen LogP contribution < -0.4 is 0 Å². The van der Waals surface area contributed by atoms with Crippen molar-refractivity contribution in [2.45, 2.75) is 46.1 Å². The average Bonchev–Trinajstić information content (AvgIpc) is 3.06. The highest BCUT2D eigenvalue weighted by Crippen LogP contribution is 2.39. The molecule has 0 bridgehead atoms. The van der Waals surface area contributed by atoms with Crippen LogP contribution >= 0.6 is 11.3 Å². The maximum atomic E-state index is 12.9. The Kier molecular flexibility index (Phi) is 5.23. The molecule has 0 aromatic carbocycles. The first-order chi connectivity index (χ1) is 13.0. The molecule has 0 radical (unpaired) electrons. The second-order valence-corrected chi connectivity index (χ2v) is 9.08. The van der Waals surface area contributed by atoms with E-state index in [4.69, 9.17) is 0 Å². The topological polar surface area (TPSA) is 62.2 Å². The van der Waals surface area contributed by atoms with Crippen LogP contribution in [0.5, 0.6) is 0 Å². The molecule has 7 heteroatoms. The van der Waals surface area contributed by atoms with E-state index in [1.807, 2.05) is 11.8 Å². The maximum absolute atomic E-state index is 12.9. The normalized spacial score (nSPS) is 23.7. The number of amides is 1.